The molecule has 2 saturated heterocycles. The highest BCUT2D eigenvalue weighted by atomic mass is 16.6. The monoisotopic (exact) mass is 716 g/mol. The summed E-state index contributed by atoms with van der Waals surface area (Å²) in [7, 11) is 2.00. The molecule has 0 saturated carbocycles. The standard InChI is InChI=1S/C43H52N6O4/c1-43(2,3)53-42(50)44-34-21-23-48(24-22-34)28-31-19-25-49(26-20-31)35-15-16-36-38(27-35)47(4)46-40(36)37-17-18-39(51-29-32-11-7-5-8-12-32)45-41(37)52-30-33-13-9-6-10-14-33/h5-18,27,31,34H,19-26,28-30H2,1-4H3,(H,44,50). The molecule has 2 aliphatic heterocycles. The Kier molecular flexibility index (Phi) is 11.1. The summed E-state index contributed by atoms with van der Waals surface area (Å²) >= 11 is 0. The number of aryl methyl sites for hydroxylation is 1. The first kappa shape index (κ1) is 36.3. The van der Waals surface area contributed by atoms with Crippen LogP contribution in [0.25, 0.3) is 22.2 Å². The summed E-state index contributed by atoms with van der Waals surface area (Å²) in [5, 5.41) is 9.12. The van der Waals surface area contributed by atoms with Crippen LogP contribution < -0.4 is 19.7 Å². The summed E-state index contributed by atoms with van der Waals surface area (Å²) in [6.07, 6.45) is 3.95. The van der Waals surface area contributed by atoms with Crippen molar-refractivity contribution in [2.24, 2.45) is 13.0 Å². The van der Waals surface area contributed by atoms with Crippen LogP contribution in [-0.2, 0) is 25.0 Å². The highest BCUT2D eigenvalue weighted by molar-refractivity contribution is 5.96. The second kappa shape index (κ2) is 16.3. The van der Waals surface area contributed by atoms with Gasteiger partial charge in [0.15, 0.2) is 0 Å². The van der Waals surface area contributed by atoms with E-state index in [2.05, 4.69) is 33.3 Å². The van der Waals surface area contributed by atoms with E-state index >= 15 is 0 Å². The molecule has 2 fully saturated rings. The minimum Gasteiger partial charge on any atom is -0.473 e. The van der Waals surface area contributed by atoms with E-state index in [1.807, 2.05) is 105 Å². The smallest absolute Gasteiger partial charge is 0.407 e. The lowest BCUT2D eigenvalue weighted by molar-refractivity contribution is 0.0474. The van der Waals surface area contributed by atoms with Gasteiger partial charge in [-0.25, -0.2) is 4.79 Å². The SMILES string of the molecule is Cn1nc(-c2ccc(OCc3ccccc3)nc2OCc2ccccc2)c2ccc(N3CCC(CN4CCC(NC(=O)OC(C)(C)C)CC4)CC3)cc21. The second-order valence-corrected chi connectivity index (χ2v) is 15.4. The van der Waals surface area contributed by atoms with Gasteiger partial charge in [0.05, 0.1) is 11.1 Å². The first-order valence-electron chi connectivity index (χ1n) is 19.0. The fraction of sp³-hybridized carbons (Fsp3) is 0.419. The van der Waals surface area contributed by atoms with Crippen molar-refractivity contribution in [3.05, 3.63) is 102 Å². The predicted molar refractivity (Wildman–Crippen MR) is 209 cm³/mol. The van der Waals surface area contributed by atoms with Crippen LogP contribution in [0.15, 0.2) is 91.0 Å². The molecule has 0 spiro atoms. The topological polar surface area (TPSA) is 94.0 Å². The normalized spacial score (nSPS) is 16.1. The molecule has 1 N–H and O–H groups in total. The number of nitrogens with one attached hydrogen (secondary N) is 1. The molecule has 278 valence electrons. The number of hydrogen-bond donors (Lipinski definition) is 1. The molecule has 2 aromatic heterocycles. The molecular formula is C43H52N6O4. The summed E-state index contributed by atoms with van der Waals surface area (Å²) in [6, 6.07) is 31.0. The lowest BCUT2D eigenvalue weighted by Gasteiger charge is -2.38. The van der Waals surface area contributed by atoms with E-state index in [4.69, 9.17) is 24.3 Å². The molecule has 7 rings (SSSR count). The number of hydrogen-bond acceptors (Lipinski definition) is 8. The highest BCUT2D eigenvalue weighted by Crippen LogP contribution is 2.37. The molecule has 1 amide bonds. The molecule has 10 heteroatoms. The van der Waals surface area contributed by atoms with Crippen LogP contribution in [0.5, 0.6) is 11.8 Å². The molecule has 2 aliphatic rings. The predicted octanol–water partition coefficient (Wildman–Crippen LogP) is 8.00. The Balaban J connectivity index is 0.993. The Labute approximate surface area is 313 Å². The molecule has 0 unspecified atom stereocenters. The number of anilines is 1. The Hall–Kier alpha value is -5.09. The Morgan fingerprint density at radius 3 is 2.13 bits per heavy atom. The van der Waals surface area contributed by atoms with Crippen LogP contribution in [0.3, 0.4) is 0 Å². The summed E-state index contributed by atoms with van der Waals surface area (Å²) in [5.74, 6) is 1.68. The van der Waals surface area contributed by atoms with Gasteiger partial charge in [-0.3, -0.25) is 4.68 Å². The number of piperidine rings is 2. The molecule has 53 heavy (non-hydrogen) atoms. The molecule has 0 aliphatic carbocycles. The molecule has 0 radical (unpaired) electrons. The van der Waals surface area contributed by atoms with Crippen molar-refractivity contribution in [1.82, 2.24) is 25.0 Å². The maximum Gasteiger partial charge on any atom is 0.407 e. The van der Waals surface area contributed by atoms with Crippen molar-refractivity contribution >= 4 is 22.7 Å². The fourth-order valence-electron chi connectivity index (χ4n) is 7.37. The van der Waals surface area contributed by atoms with E-state index in [9.17, 15) is 4.79 Å². The number of amides is 1. The van der Waals surface area contributed by atoms with Gasteiger partial charge >= 0.3 is 6.09 Å². The largest absolute Gasteiger partial charge is 0.473 e. The number of benzene rings is 3. The number of aromatic nitrogens is 3. The second-order valence-electron chi connectivity index (χ2n) is 15.4. The van der Waals surface area contributed by atoms with Crippen LogP contribution in [0.2, 0.25) is 0 Å². The van der Waals surface area contributed by atoms with Gasteiger partial charge in [0.1, 0.15) is 24.5 Å². The van der Waals surface area contributed by atoms with Crippen molar-refractivity contribution in [2.45, 2.75) is 71.3 Å². The van der Waals surface area contributed by atoms with E-state index < -0.39 is 5.60 Å². The van der Waals surface area contributed by atoms with Gasteiger partial charge in [-0.1, -0.05) is 60.7 Å². The van der Waals surface area contributed by atoms with E-state index in [-0.39, 0.29) is 12.1 Å². The third-order valence-electron chi connectivity index (χ3n) is 10.2. The number of carbonyl (C=O) groups excluding carboxylic acids is 1. The summed E-state index contributed by atoms with van der Waals surface area (Å²) in [6.45, 7) is 11.7. The van der Waals surface area contributed by atoms with Crippen molar-refractivity contribution in [2.75, 3.05) is 37.6 Å². The van der Waals surface area contributed by atoms with Gasteiger partial charge in [-0.15, -0.1) is 0 Å². The third-order valence-corrected chi connectivity index (χ3v) is 10.2. The van der Waals surface area contributed by atoms with Gasteiger partial charge < -0.3 is 29.3 Å². The number of alkyl carbamates (subject to hydrolysis) is 1. The quantitative estimate of drug-likeness (QED) is 0.147. The highest BCUT2D eigenvalue weighted by Gasteiger charge is 2.27. The molecule has 10 nitrogen and oxygen atoms in total. The number of fused-ring (bicyclic) bond motifs is 1. The average Bonchev–Trinajstić information content (AvgIpc) is 3.49. The van der Waals surface area contributed by atoms with E-state index in [1.165, 1.54) is 5.69 Å². The first-order valence-corrected chi connectivity index (χ1v) is 19.0. The minimum absolute atomic E-state index is 0.188. The third kappa shape index (κ3) is 9.48. The van der Waals surface area contributed by atoms with Gasteiger partial charge in [-0.05, 0) is 87.8 Å². The van der Waals surface area contributed by atoms with Crippen LogP contribution in [0.1, 0.15) is 57.6 Å². The van der Waals surface area contributed by atoms with E-state index in [1.54, 1.807) is 0 Å². The molecular weight excluding hydrogens is 665 g/mol. The molecule has 3 aromatic carbocycles. The van der Waals surface area contributed by atoms with Crippen molar-refractivity contribution in [3.8, 4) is 23.0 Å². The Morgan fingerprint density at radius 1 is 0.811 bits per heavy atom. The number of carbonyl (C=O) groups is 1. The van der Waals surface area contributed by atoms with Crippen molar-refractivity contribution < 1.29 is 19.0 Å². The maximum absolute atomic E-state index is 12.2. The van der Waals surface area contributed by atoms with Gasteiger partial charge in [0, 0.05) is 63.0 Å². The van der Waals surface area contributed by atoms with Crippen LogP contribution in [-0.4, -0.2) is 70.1 Å². The van der Waals surface area contributed by atoms with Crippen LogP contribution >= 0.6 is 0 Å². The Bertz CT molecular complexity index is 1960. The molecule has 4 heterocycles. The molecule has 5 aromatic rings. The van der Waals surface area contributed by atoms with Crippen molar-refractivity contribution in [3.63, 3.8) is 0 Å². The zero-order chi connectivity index (χ0) is 36.8. The average molecular weight is 717 g/mol. The molecule has 0 atom stereocenters. The maximum atomic E-state index is 12.2. The molecule has 0 bridgehead atoms. The van der Waals surface area contributed by atoms with Gasteiger partial charge in [0.2, 0.25) is 11.8 Å². The number of ether oxygens (including phenoxy) is 3. The first-order chi connectivity index (χ1) is 25.7. The number of rotatable bonds is 11. The fourth-order valence-corrected chi connectivity index (χ4v) is 7.37. The Morgan fingerprint density at radius 2 is 1.47 bits per heavy atom. The number of nitrogens with zero attached hydrogens (tertiary/aromatic N) is 5. The number of likely N-dealkylation sites (tertiary alicyclic amines) is 1. The summed E-state index contributed by atoms with van der Waals surface area (Å²) in [4.78, 5) is 22.1. The van der Waals surface area contributed by atoms with Crippen LogP contribution in [0, 0.1) is 5.92 Å². The minimum atomic E-state index is -0.474. The summed E-state index contributed by atoms with van der Waals surface area (Å²) in [5.41, 5.74) is 5.63. The lowest BCUT2D eigenvalue weighted by atomic mass is 9.94. The zero-order valence-electron chi connectivity index (χ0n) is 31.5. The van der Waals surface area contributed by atoms with E-state index in [0.29, 0.717) is 30.9 Å². The summed E-state index contributed by atoms with van der Waals surface area (Å²) < 4.78 is 19.9. The van der Waals surface area contributed by atoms with Gasteiger partial charge in [-0.2, -0.15) is 10.1 Å². The zero-order valence-corrected chi connectivity index (χ0v) is 31.5. The number of pyridine rings is 1. The van der Waals surface area contributed by atoms with E-state index in [0.717, 1.165) is 91.7 Å². The van der Waals surface area contributed by atoms with Gasteiger partial charge in [0.25, 0.3) is 0 Å². The lowest BCUT2D eigenvalue weighted by Crippen LogP contribution is -2.47. The van der Waals surface area contributed by atoms with Crippen molar-refractivity contribution in [1.29, 1.82) is 0 Å². The van der Waals surface area contributed by atoms with Crippen LogP contribution in [0.4, 0.5) is 10.5 Å².